The smallest absolute Gasteiger partial charge is 0.321 e. The molecule has 1 saturated heterocycles. The van der Waals surface area contributed by atoms with Crippen molar-refractivity contribution in [2.75, 3.05) is 25.0 Å². The van der Waals surface area contributed by atoms with Crippen LogP contribution in [0.3, 0.4) is 0 Å². The summed E-state index contributed by atoms with van der Waals surface area (Å²) >= 11 is 13.4. The van der Waals surface area contributed by atoms with Gasteiger partial charge in [0.2, 0.25) is 5.91 Å². The number of unbranched alkanes of at least 4 members (excludes halogenated alkanes) is 3. The highest BCUT2D eigenvalue weighted by atomic mass is 35.5. The Balaban J connectivity index is 0.000000341. The molecule has 41 heavy (non-hydrogen) atoms. The number of piperidine rings is 1. The van der Waals surface area contributed by atoms with E-state index in [0.29, 0.717) is 16.0 Å². The van der Waals surface area contributed by atoms with Crippen LogP contribution in [0, 0.1) is 5.92 Å². The number of para-hydroxylation sites is 1. The number of amides is 3. The monoisotopic (exact) mass is 624 g/mol. The number of anilines is 1. The van der Waals surface area contributed by atoms with E-state index in [9.17, 15) is 9.59 Å². The van der Waals surface area contributed by atoms with Crippen molar-refractivity contribution < 1.29 is 9.59 Å². The maximum absolute atomic E-state index is 12.2. The number of likely N-dealkylation sites (tertiary alicyclic amines) is 1. The molecule has 230 valence electrons. The third-order valence-electron chi connectivity index (χ3n) is 6.25. The summed E-state index contributed by atoms with van der Waals surface area (Å²) in [4.78, 5) is 25.3. The van der Waals surface area contributed by atoms with Crippen LogP contribution in [-0.2, 0) is 4.79 Å². The van der Waals surface area contributed by atoms with Gasteiger partial charge in [0, 0.05) is 48.2 Å². The van der Waals surface area contributed by atoms with Crippen LogP contribution >= 0.6 is 35.1 Å². The molecule has 0 aliphatic carbocycles. The highest BCUT2D eigenvalue weighted by Gasteiger charge is 2.23. The Morgan fingerprint density at radius 2 is 1.73 bits per heavy atom. The molecule has 1 unspecified atom stereocenters. The van der Waals surface area contributed by atoms with Crippen molar-refractivity contribution in [2.24, 2.45) is 5.92 Å². The largest absolute Gasteiger partial charge is 0.354 e. The Bertz CT molecular complexity index is 995. The average Bonchev–Trinajstić information content (AvgIpc) is 2.93. The fourth-order valence-electron chi connectivity index (χ4n) is 4.24. The number of nitrogens with one attached hydrogen (secondary N) is 3. The van der Waals surface area contributed by atoms with Crippen molar-refractivity contribution in [2.45, 2.75) is 96.9 Å². The summed E-state index contributed by atoms with van der Waals surface area (Å²) in [7, 11) is 0. The number of hydrogen-bond acceptors (Lipinski definition) is 4. The highest BCUT2D eigenvalue weighted by Crippen LogP contribution is 2.27. The van der Waals surface area contributed by atoms with Gasteiger partial charge >= 0.3 is 6.03 Å². The first kappa shape index (κ1) is 37.1. The van der Waals surface area contributed by atoms with Gasteiger partial charge < -0.3 is 15.5 Å². The number of carbonyl (C=O) groups excluding carboxylic acids is 2. The molecule has 3 amide bonds. The van der Waals surface area contributed by atoms with Crippen LogP contribution < -0.4 is 15.4 Å². The van der Waals surface area contributed by atoms with E-state index in [2.05, 4.69) is 29.2 Å². The molecule has 0 spiro atoms. The third kappa shape index (κ3) is 18.3. The van der Waals surface area contributed by atoms with Gasteiger partial charge in [-0.15, -0.1) is 0 Å². The first-order chi connectivity index (χ1) is 19.7. The first-order valence-corrected chi connectivity index (χ1v) is 16.5. The van der Waals surface area contributed by atoms with E-state index in [1.54, 1.807) is 18.0 Å². The van der Waals surface area contributed by atoms with E-state index in [-0.39, 0.29) is 18.0 Å². The van der Waals surface area contributed by atoms with E-state index in [4.69, 9.17) is 23.2 Å². The van der Waals surface area contributed by atoms with Gasteiger partial charge in [-0.1, -0.05) is 80.9 Å². The standard InChI is InChI=1S/C16H24N2O.C11H15Cl2NS.C5H11NO/c1-2-3-8-14-9-7-12-18(13-14)16(19)17-15-10-5-4-6-11-15;1-2-3-4-7-14-15-11-6-5-9(12)8-10(11)13;1-4(2)6-5(3)7/h4-6,10-11,14H,2-3,7-9,12-13H2,1H3,(H,17,19);5-6,8,14H,2-4,7H2,1H3;4H,1-3H3,(H,6,7). The van der Waals surface area contributed by atoms with Gasteiger partial charge in [-0.3, -0.25) is 9.52 Å². The Labute approximate surface area is 262 Å². The number of hydrogen-bond donors (Lipinski definition) is 3. The first-order valence-electron chi connectivity index (χ1n) is 14.9. The van der Waals surface area contributed by atoms with E-state index in [1.165, 1.54) is 51.9 Å². The zero-order valence-electron chi connectivity index (χ0n) is 25.5. The molecule has 3 rings (SSSR count). The van der Waals surface area contributed by atoms with Gasteiger partial charge in [-0.2, -0.15) is 0 Å². The van der Waals surface area contributed by atoms with Crippen LogP contribution in [-0.4, -0.2) is 42.5 Å². The number of rotatable bonds is 11. The van der Waals surface area contributed by atoms with Crippen molar-refractivity contribution in [1.82, 2.24) is 14.9 Å². The SMILES string of the molecule is CC(=O)NC(C)C.CCCCC1CCCN(C(=O)Nc2ccccc2)C1.CCCCCNSc1ccc(Cl)cc1Cl. The van der Waals surface area contributed by atoms with Crippen molar-refractivity contribution in [1.29, 1.82) is 0 Å². The Morgan fingerprint density at radius 3 is 2.32 bits per heavy atom. The molecule has 1 atom stereocenters. The maximum Gasteiger partial charge on any atom is 0.321 e. The summed E-state index contributed by atoms with van der Waals surface area (Å²) in [5, 5.41) is 7.02. The van der Waals surface area contributed by atoms with Crippen LogP contribution in [0.25, 0.3) is 0 Å². The highest BCUT2D eigenvalue weighted by molar-refractivity contribution is 7.97. The number of nitrogens with zero attached hydrogens (tertiary/aromatic N) is 1. The maximum atomic E-state index is 12.2. The topological polar surface area (TPSA) is 73.5 Å². The molecule has 0 saturated carbocycles. The predicted octanol–water partition coefficient (Wildman–Crippen LogP) is 9.43. The molecular formula is C32H50Cl2N4O2S. The van der Waals surface area contributed by atoms with Crippen molar-refractivity contribution in [3.05, 3.63) is 58.6 Å². The van der Waals surface area contributed by atoms with E-state index in [1.807, 2.05) is 61.2 Å². The van der Waals surface area contributed by atoms with Gasteiger partial charge in [0.25, 0.3) is 0 Å². The van der Waals surface area contributed by atoms with Gasteiger partial charge in [-0.05, 0) is 87.7 Å². The second kappa shape index (κ2) is 22.6. The summed E-state index contributed by atoms with van der Waals surface area (Å²) in [6.07, 6.45) is 9.90. The lowest BCUT2D eigenvalue weighted by Gasteiger charge is -2.32. The molecule has 6 nitrogen and oxygen atoms in total. The summed E-state index contributed by atoms with van der Waals surface area (Å²) in [5.74, 6) is 0.727. The zero-order chi connectivity index (χ0) is 30.5. The fourth-order valence-corrected chi connectivity index (χ4v) is 5.46. The molecule has 1 aliphatic rings. The van der Waals surface area contributed by atoms with Crippen molar-refractivity contribution >= 4 is 52.8 Å². The van der Waals surface area contributed by atoms with Gasteiger partial charge in [-0.25, -0.2) is 4.79 Å². The second-order valence-corrected chi connectivity index (χ2v) is 12.3. The predicted molar refractivity (Wildman–Crippen MR) is 178 cm³/mol. The fraction of sp³-hybridized carbons (Fsp3) is 0.562. The number of benzene rings is 2. The number of urea groups is 1. The molecule has 0 aromatic heterocycles. The lowest BCUT2D eigenvalue weighted by Crippen LogP contribution is -2.42. The lowest BCUT2D eigenvalue weighted by molar-refractivity contribution is -0.119. The Kier molecular flexibility index (Phi) is 20.5. The Hall–Kier alpha value is -1.93. The molecule has 2 aromatic carbocycles. The molecule has 9 heteroatoms. The normalized spacial score (nSPS) is 14.3. The number of halogens is 2. The van der Waals surface area contributed by atoms with E-state index < -0.39 is 0 Å². The van der Waals surface area contributed by atoms with Crippen LogP contribution in [0.4, 0.5) is 10.5 Å². The minimum Gasteiger partial charge on any atom is -0.354 e. The van der Waals surface area contributed by atoms with Crippen molar-refractivity contribution in [3.8, 4) is 0 Å². The quantitative estimate of drug-likeness (QED) is 0.172. The minimum absolute atomic E-state index is 0.0370. The minimum atomic E-state index is 0.0370. The second-order valence-electron chi connectivity index (χ2n) is 10.5. The van der Waals surface area contributed by atoms with Gasteiger partial charge in [0.1, 0.15) is 0 Å². The lowest BCUT2D eigenvalue weighted by atomic mass is 9.93. The molecular weight excluding hydrogens is 575 g/mol. The molecule has 2 aromatic rings. The summed E-state index contributed by atoms with van der Waals surface area (Å²) in [6, 6.07) is 15.6. The van der Waals surface area contributed by atoms with Crippen molar-refractivity contribution in [3.63, 3.8) is 0 Å². The van der Waals surface area contributed by atoms with Crippen LogP contribution in [0.1, 0.15) is 86.0 Å². The third-order valence-corrected chi connectivity index (χ3v) is 7.83. The van der Waals surface area contributed by atoms with Crippen LogP contribution in [0.2, 0.25) is 10.0 Å². The van der Waals surface area contributed by atoms with E-state index >= 15 is 0 Å². The van der Waals surface area contributed by atoms with Crippen LogP contribution in [0.5, 0.6) is 0 Å². The summed E-state index contributed by atoms with van der Waals surface area (Å²) in [6.45, 7) is 12.6. The molecule has 0 bridgehead atoms. The van der Waals surface area contributed by atoms with E-state index in [0.717, 1.165) is 36.6 Å². The molecule has 3 N–H and O–H groups in total. The molecule has 0 radical (unpaired) electrons. The number of carbonyl (C=O) groups is 2. The molecule has 1 fully saturated rings. The average molecular weight is 626 g/mol. The summed E-state index contributed by atoms with van der Waals surface area (Å²) in [5.41, 5.74) is 0.878. The molecule has 1 heterocycles. The Morgan fingerprint density at radius 1 is 1.02 bits per heavy atom. The molecule has 1 aliphatic heterocycles. The van der Waals surface area contributed by atoms with Gasteiger partial charge in [0.05, 0.1) is 5.02 Å². The van der Waals surface area contributed by atoms with Crippen LogP contribution in [0.15, 0.2) is 53.4 Å². The zero-order valence-corrected chi connectivity index (χ0v) is 27.8. The van der Waals surface area contributed by atoms with Gasteiger partial charge in [0.15, 0.2) is 0 Å². The summed E-state index contributed by atoms with van der Waals surface area (Å²) < 4.78 is 3.29.